The highest BCUT2D eigenvalue weighted by Crippen LogP contribution is 2.23. The molecule has 0 radical (unpaired) electrons. The second-order valence-electron chi connectivity index (χ2n) is 6.42. The summed E-state index contributed by atoms with van der Waals surface area (Å²) in [4.78, 5) is 2.39. The summed E-state index contributed by atoms with van der Waals surface area (Å²) >= 11 is 0. The fraction of sp³-hybridized carbons (Fsp3) is 0.647. The van der Waals surface area contributed by atoms with Gasteiger partial charge in [0.05, 0.1) is 5.60 Å². The number of aliphatic hydroxyl groups is 1. The molecule has 1 fully saturated rings. The van der Waals surface area contributed by atoms with Gasteiger partial charge in [-0.2, -0.15) is 0 Å². The Bertz CT molecular complexity index is 431. The highest BCUT2D eigenvalue weighted by Gasteiger charge is 2.28. The summed E-state index contributed by atoms with van der Waals surface area (Å²) in [6.07, 6.45) is 3.11. The molecule has 0 amide bonds. The lowest BCUT2D eigenvalue weighted by molar-refractivity contribution is -0.0163. The van der Waals surface area contributed by atoms with Gasteiger partial charge in [0, 0.05) is 19.1 Å². The zero-order valence-corrected chi connectivity index (χ0v) is 13.0. The van der Waals surface area contributed by atoms with E-state index in [-0.39, 0.29) is 0 Å². The van der Waals surface area contributed by atoms with Crippen molar-refractivity contribution in [3.8, 4) is 0 Å². The van der Waals surface area contributed by atoms with Gasteiger partial charge in [0.15, 0.2) is 0 Å². The predicted molar refractivity (Wildman–Crippen MR) is 83.9 cm³/mol. The van der Waals surface area contributed by atoms with Crippen LogP contribution in [0.15, 0.2) is 24.3 Å². The van der Waals surface area contributed by atoms with Gasteiger partial charge < -0.3 is 15.3 Å². The van der Waals surface area contributed by atoms with E-state index >= 15 is 0 Å². The molecule has 2 N–H and O–H groups in total. The van der Waals surface area contributed by atoms with E-state index in [0.717, 1.165) is 38.9 Å². The molecule has 1 heterocycles. The minimum absolute atomic E-state index is 0.391. The Kier molecular flexibility index (Phi) is 5.19. The van der Waals surface area contributed by atoms with Crippen molar-refractivity contribution < 1.29 is 5.11 Å². The van der Waals surface area contributed by atoms with Gasteiger partial charge in [-0.05, 0) is 52.3 Å². The van der Waals surface area contributed by atoms with Crippen LogP contribution in [0.2, 0.25) is 0 Å². The summed E-state index contributed by atoms with van der Waals surface area (Å²) in [5.74, 6) is 0. The van der Waals surface area contributed by atoms with E-state index in [0.29, 0.717) is 6.04 Å². The van der Waals surface area contributed by atoms with Crippen molar-refractivity contribution in [2.24, 2.45) is 0 Å². The molecule has 2 rings (SSSR count). The van der Waals surface area contributed by atoms with Gasteiger partial charge in [0.1, 0.15) is 0 Å². The Morgan fingerprint density at radius 1 is 1.45 bits per heavy atom. The molecule has 1 aliphatic heterocycles. The highest BCUT2D eigenvalue weighted by atomic mass is 16.3. The topological polar surface area (TPSA) is 35.5 Å². The number of β-amino-alcohol motifs (C(OH)–C–C–N with tert-alkyl or cyclic N) is 1. The van der Waals surface area contributed by atoms with Crippen LogP contribution in [0.25, 0.3) is 0 Å². The quantitative estimate of drug-likeness (QED) is 0.867. The molecule has 3 nitrogen and oxygen atoms in total. The van der Waals surface area contributed by atoms with E-state index in [4.69, 9.17) is 0 Å². The summed E-state index contributed by atoms with van der Waals surface area (Å²) < 4.78 is 0. The summed E-state index contributed by atoms with van der Waals surface area (Å²) in [6.45, 7) is 7.04. The Morgan fingerprint density at radius 2 is 2.25 bits per heavy atom. The number of likely N-dealkylation sites (tertiary alicyclic amines) is 1. The fourth-order valence-corrected chi connectivity index (χ4v) is 3.19. The largest absolute Gasteiger partial charge is 0.389 e. The average molecular weight is 276 g/mol. The van der Waals surface area contributed by atoms with Crippen LogP contribution in [-0.4, -0.2) is 42.3 Å². The van der Waals surface area contributed by atoms with Crippen molar-refractivity contribution >= 4 is 0 Å². The molecule has 1 aromatic carbocycles. The van der Waals surface area contributed by atoms with Crippen molar-refractivity contribution in [2.75, 3.05) is 26.7 Å². The van der Waals surface area contributed by atoms with Crippen LogP contribution in [0.1, 0.15) is 43.4 Å². The van der Waals surface area contributed by atoms with Gasteiger partial charge in [-0.25, -0.2) is 0 Å². The smallest absolute Gasteiger partial charge is 0.0746 e. The average Bonchev–Trinajstić information content (AvgIpc) is 2.38. The van der Waals surface area contributed by atoms with E-state index in [1.54, 1.807) is 0 Å². The molecule has 0 aliphatic carbocycles. The van der Waals surface area contributed by atoms with E-state index in [1.165, 1.54) is 11.1 Å². The third-order valence-electron chi connectivity index (χ3n) is 4.28. The lowest BCUT2D eigenvalue weighted by atomic mass is 9.94. The number of hydrogen-bond acceptors (Lipinski definition) is 3. The van der Waals surface area contributed by atoms with Crippen LogP contribution >= 0.6 is 0 Å². The molecule has 0 aromatic heterocycles. The molecule has 0 spiro atoms. The first-order valence-corrected chi connectivity index (χ1v) is 7.69. The number of nitrogens with one attached hydrogen (secondary N) is 1. The van der Waals surface area contributed by atoms with Crippen LogP contribution in [0.3, 0.4) is 0 Å². The molecule has 1 aromatic rings. The number of nitrogens with zero attached hydrogens (tertiary/aromatic N) is 1. The Balaban J connectivity index is 1.91. The Morgan fingerprint density at radius 3 is 2.90 bits per heavy atom. The monoisotopic (exact) mass is 276 g/mol. The molecule has 1 saturated heterocycles. The maximum absolute atomic E-state index is 10.2. The third kappa shape index (κ3) is 4.30. The first kappa shape index (κ1) is 15.5. The number of rotatable bonds is 5. The van der Waals surface area contributed by atoms with E-state index < -0.39 is 5.60 Å². The molecule has 2 unspecified atom stereocenters. The van der Waals surface area contributed by atoms with Crippen LogP contribution in [0, 0.1) is 6.92 Å². The van der Waals surface area contributed by atoms with Crippen LogP contribution < -0.4 is 5.32 Å². The summed E-state index contributed by atoms with van der Waals surface area (Å²) in [7, 11) is 2.03. The minimum atomic E-state index is -0.503. The maximum atomic E-state index is 10.2. The molecule has 2 atom stereocenters. The second kappa shape index (κ2) is 6.70. The van der Waals surface area contributed by atoms with E-state index in [9.17, 15) is 5.11 Å². The van der Waals surface area contributed by atoms with Crippen molar-refractivity contribution in [1.29, 1.82) is 0 Å². The minimum Gasteiger partial charge on any atom is -0.389 e. The summed E-state index contributed by atoms with van der Waals surface area (Å²) in [5, 5.41) is 13.6. The first-order chi connectivity index (χ1) is 9.50. The van der Waals surface area contributed by atoms with E-state index in [1.807, 2.05) is 14.0 Å². The van der Waals surface area contributed by atoms with Gasteiger partial charge in [0.2, 0.25) is 0 Å². The Labute approximate surface area is 123 Å². The van der Waals surface area contributed by atoms with Gasteiger partial charge in [-0.1, -0.05) is 29.8 Å². The van der Waals surface area contributed by atoms with E-state index in [2.05, 4.69) is 41.4 Å². The van der Waals surface area contributed by atoms with Crippen LogP contribution in [0.5, 0.6) is 0 Å². The number of hydrogen-bond donors (Lipinski definition) is 2. The van der Waals surface area contributed by atoms with Gasteiger partial charge in [-0.15, -0.1) is 0 Å². The standard InChI is InChI=1S/C17H28N2O/c1-14-6-4-7-15(12-14)16(18-3)8-11-19-10-5-9-17(2,20)13-19/h4,6-7,12,16,18,20H,5,8-11,13H2,1-3H3. The normalized spacial score (nSPS) is 25.6. The Hall–Kier alpha value is -0.900. The zero-order chi connectivity index (χ0) is 14.6. The number of piperidine rings is 1. The maximum Gasteiger partial charge on any atom is 0.0746 e. The van der Waals surface area contributed by atoms with Crippen LogP contribution in [0.4, 0.5) is 0 Å². The molecule has 0 bridgehead atoms. The lowest BCUT2D eigenvalue weighted by Gasteiger charge is -2.37. The van der Waals surface area contributed by atoms with Crippen molar-refractivity contribution in [3.05, 3.63) is 35.4 Å². The molecule has 1 aliphatic rings. The second-order valence-corrected chi connectivity index (χ2v) is 6.42. The third-order valence-corrected chi connectivity index (χ3v) is 4.28. The number of aryl methyl sites for hydroxylation is 1. The first-order valence-electron chi connectivity index (χ1n) is 7.69. The summed E-state index contributed by atoms with van der Waals surface area (Å²) in [6, 6.07) is 9.11. The lowest BCUT2D eigenvalue weighted by Crippen LogP contribution is -2.46. The van der Waals surface area contributed by atoms with Crippen molar-refractivity contribution in [2.45, 2.75) is 44.8 Å². The van der Waals surface area contributed by atoms with Crippen LogP contribution in [-0.2, 0) is 0 Å². The summed E-state index contributed by atoms with van der Waals surface area (Å²) in [5.41, 5.74) is 2.16. The molecule has 3 heteroatoms. The zero-order valence-electron chi connectivity index (χ0n) is 13.0. The van der Waals surface area contributed by atoms with Crippen molar-refractivity contribution in [3.63, 3.8) is 0 Å². The van der Waals surface area contributed by atoms with Gasteiger partial charge >= 0.3 is 0 Å². The molecule has 112 valence electrons. The molecule has 0 saturated carbocycles. The SMILES string of the molecule is CNC(CCN1CCCC(C)(O)C1)c1cccc(C)c1. The molecular weight excluding hydrogens is 248 g/mol. The van der Waals surface area contributed by atoms with Gasteiger partial charge in [-0.3, -0.25) is 0 Å². The molecule has 20 heavy (non-hydrogen) atoms. The van der Waals surface area contributed by atoms with Gasteiger partial charge in [0.25, 0.3) is 0 Å². The molecular formula is C17H28N2O. The number of benzene rings is 1. The fourth-order valence-electron chi connectivity index (χ4n) is 3.19. The predicted octanol–water partition coefficient (Wildman–Crippen LogP) is 2.49. The van der Waals surface area contributed by atoms with Crippen molar-refractivity contribution in [1.82, 2.24) is 10.2 Å². The highest BCUT2D eigenvalue weighted by molar-refractivity contribution is 5.25.